The Balaban J connectivity index is 2.74. The fourth-order valence-electron chi connectivity index (χ4n) is 1.46. The quantitative estimate of drug-likeness (QED) is 0.530. The van der Waals surface area contributed by atoms with Crippen LogP contribution in [0.3, 0.4) is 0 Å². The fraction of sp³-hybridized carbons (Fsp3) is 0.0909. The number of hydrogen-bond acceptors (Lipinski definition) is 2. The number of fused-ring (bicyclic) bond motifs is 1. The molecule has 1 aromatic carbocycles. The van der Waals surface area contributed by atoms with Crippen molar-refractivity contribution in [3.05, 3.63) is 42.7 Å². The highest BCUT2D eigenvalue weighted by Gasteiger charge is 2.11. The van der Waals surface area contributed by atoms with Crippen LogP contribution in [0.1, 0.15) is 10.6 Å². The van der Waals surface area contributed by atoms with E-state index in [0.29, 0.717) is 5.82 Å². The summed E-state index contributed by atoms with van der Waals surface area (Å²) >= 11 is 0. The maximum Gasteiger partial charge on any atom is 0.220 e. The molecule has 0 aliphatic rings. The molecule has 1 heterocycles. The summed E-state index contributed by atoms with van der Waals surface area (Å²) in [7, 11) is 1.83. The van der Waals surface area contributed by atoms with E-state index in [0.717, 1.165) is 11.0 Å². The van der Waals surface area contributed by atoms with E-state index >= 15 is 0 Å². The maximum atomic E-state index is 11.4. The van der Waals surface area contributed by atoms with Gasteiger partial charge in [-0.3, -0.25) is 4.79 Å². The van der Waals surface area contributed by atoms with Gasteiger partial charge in [-0.15, -0.1) is 0 Å². The van der Waals surface area contributed by atoms with Crippen molar-refractivity contribution < 1.29 is 4.79 Å². The summed E-state index contributed by atoms with van der Waals surface area (Å²) < 4.78 is 1.78. The zero-order valence-corrected chi connectivity index (χ0v) is 7.90. The summed E-state index contributed by atoms with van der Waals surface area (Å²) in [5.41, 5.74) is 1.79. The number of nitrogens with zero attached hydrogens (tertiary/aromatic N) is 2. The minimum Gasteiger partial charge on any atom is -0.324 e. The summed E-state index contributed by atoms with van der Waals surface area (Å²) in [6, 6.07) is 7.64. The Morgan fingerprint density at radius 2 is 2.21 bits per heavy atom. The highest BCUT2D eigenvalue weighted by molar-refractivity contribution is 6.03. The second kappa shape index (κ2) is 3.10. The third-order valence-electron chi connectivity index (χ3n) is 2.19. The van der Waals surface area contributed by atoms with Gasteiger partial charge in [0.1, 0.15) is 0 Å². The molecule has 0 atom stereocenters. The third-order valence-corrected chi connectivity index (χ3v) is 2.19. The summed E-state index contributed by atoms with van der Waals surface area (Å²) in [5, 5.41) is 0. The number of para-hydroxylation sites is 2. The number of ketones is 1. The van der Waals surface area contributed by atoms with Gasteiger partial charge in [0, 0.05) is 7.05 Å². The minimum absolute atomic E-state index is 0.149. The Labute approximate surface area is 81.7 Å². The van der Waals surface area contributed by atoms with Crippen LogP contribution in [-0.4, -0.2) is 15.3 Å². The number of aryl methyl sites for hydroxylation is 1. The summed E-state index contributed by atoms with van der Waals surface area (Å²) in [5.74, 6) is 0.282. The van der Waals surface area contributed by atoms with Gasteiger partial charge < -0.3 is 4.57 Å². The van der Waals surface area contributed by atoms with Crippen molar-refractivity contribution >= 4 is 16.8 Å². The molecule has 14 heavy (non-hydrogen) atoms. The van der Waals surface area contributed by atoms with Gasteiger partial charge in [-0.1, -0.05) is 18.7 Å². The Morgan fingerprint density at radius 1 is 1.50 bits per heavy atom. The lowest BCUT2D eigenvalue weighted by Crippen LogP contribution is -2.03. The molecule has 70 valence electrons. The Hall–Kier alpha value is -1.90. The highest BCUT2D eigenvalue weighted by atomic mass is 16.1. The number of aromatic nitrogens is 2. The molecular weight excluding hydrogens is 176 g/mol. The molecule has 3 nitrogen and oxygen atoms in total. The number of carbonyl (C=O) groups excluding carboxylic acids is 1. The van der Waals surface area contributed by atoms with Crippen LogP contribution in [0.15, 0.2) is 36.9 Å². The van der Waals surface area contributed by atoms with Crippen molar-refractivity contribution in [3.8, 4) is 0 Å². The smallest absolute Gasteiger partial charge is 0.220 e. The number of carbonyl (C=O) groups is 1. The molecule has 0 unspecified atom stereocenters. The zero-order chi connectivity index (χ0) is 10.1. The molecule has 0 fully saturated rings. The molecule has 0 bridgehead atoms. The van der Waals surface area contributed by atoms with Gasteiger partial charge in [0.2, 0.25) is 5.78 Å². The molecule has 0 saturated carbocycles. The van der Waals surface area contributed by atoms with Crippen molar-refractivity contribution in [1.82, 2.24) is 9.55 Å². The lowest BCUT2D eigenvalue weighted by atomic mass is 10.3. The Bertz CT molecular complexity index is 511. The zero-order valence-electron chi connectivity index (χ0n) is 7.90. The van der Waals surface area contributed by atoms with Crippen LogP contribution in [0.4, 0.5) is 0 Å². The number of rotatable bonds is 2. The van der Waals surface area contributed by atoms with E-state index < -0.39 is 0 Å². The number of benzene rings is 1. The van der Waals surface area contributed by atoms with E-state index in [9.17, 15) is 4.79 Å². The normalized spacial score (nSPS) is 10.4. The summed E-state index contributed by atoms with van der Waals surface area (Å²) in [6.07, 6.45) is 1.28. The second-order valence-corrected chi connectivity index (χ2v) is 3.05. The molecule has 0 saturated heterocycles. The molecular formula is C11H10N2O. The number of allylic oxidation sites excluding steroid dienone is 1. The number of hydrogen-bond donors (Lipinski definition) is 0. The van der Waals surface area contributed by atoms with Crippen molar-refractivity contribution in [1.29, 1.82) is 0 Å². The van der Waals surface area contributed by atoms with Gasteiger partial charge >= 0.3 is 0 Å². The van der Waals surface area contributed by atoms with E-state index in [1.807, 2.05) is 31.3 Å². The molecule has 0 aliphatic heterocycles. The molecule has 1 aromatic heterocycles. The Morgan fingerprint density at radius 3 is 2.86 bits per heavy atom. The lowest BCUT2D eigenvalue weighted by molar-refractivity contribution is 0.103. The molecule has 0 amide bonds. The van der Waals surface area contributed by atoms with Crippen LogP contribution in [0.5, 0.6) is 0 Å². The maximum absolute atomic E-state index is 11.4. The van der Waals surface area contributed by atoms with E-state index in [1.165, 1.54) is 6.08 Å². The molecule has 0 aliphatic carbocycles. The standard InChI is InChI=1S/C11H10N2O/c1-3-10(14)11-12-8-6-4-5-7-9(8)13(11)2/h3-7H,1H2,2H3. The average molecular weight is 186 g/mol. The van der Waals surface area contributed by atoms with Gasteiger partial charge in [-0.2, -0.15) is 0 Å². The van der Waals surface area contributed by atoms with Crippen molar-refractivity contribution in [2.75, 3.05) is 0 Å². The van der Waals surface area contributed by atoms with E-state index in [2.05, 4.69) is 11.6 Å². The highest BCUT2D eigenvalue weighted by Crippen LogP contribution is 2.14. The van der Waals surface area contributed by atoms with Crippen LogP contribution in [0.25, 0.3) is 11.0 Å². The topological polar surface area (TPSA) is 34.9 Å². The molecule has 2 aromatic rings. The SMILES string of the molecule is C=CC(=O)c1nc2ccccc2n1C. The van der Waals surface area contributed by atoms with Crippen LogP contribution >= 0.6 is 0 Å². The van der Waals surface area contributed by atoms with Crippen molar-refractivity contribution in [2.24, 2.45) is 7.05 Å². The van der Waals surface area contributed by atoms with Gasteiger partial charge in [0.05, 0.1) is 11.0 Å². The molecule has 0 radical (unpaired) electrons. The van der Waals surface area contributed by atoms with Gasteiger partial charge in [-0.25, -0.2) is 4.98 Å². The Kier molecular flexibility index (Phi) is 1.93. The van der Waals surface area contributed by atoms with E-state index in [1.54, 1.807) is 4.57 Å². The second-order valence-electron chi connectivity index (χ2n) is 3.05. The summed E-state index contributed by atoms with van der Waals surface area (Å²) in [6.45, 7) is 3.45. The monoisotopic (exact) mass is 186 g/mol. The lowest BCUT2D eigenvalue weighted by Gasteiger charge is -1.96. The van der Waals surface area contributed by atoms with Crippen LogP contribution in [0.2, 0.25) is 0 Å². The largest absolute Gasteiger partial charge is 0.324 e. The molecule has 3 heteroatoms. The first-order valence-electron chi connectivity index (χ1n) is 4.32. The van der Waals surface area contributed by atoms with Gasteiger partial charge in [0.25, 0.3) is 0 Å². The first-order chi connectivity index (χ1) is 6.74. The molecule has 0 N–H and O–H groups in total. The van der Waals surface area contributed by atoms with Crippen molar-refractivity contribution in [2.45, 2.75) is 0 Å². The molecule has 0 spiro atoms. The van der Waals surface area contributed by atoms with Crippen LogP contribution in [0, 0.1) is 0 Å². The third kappa shape index (κ3) is 1.14. The predicted octanol–water partition coefficient (Wildman–Crippen LogP) is 1.94. The van der Waals surface area contributed by atoms with Crippen molar-refractivity contribution in [3.63, 3.8) is 0 Å². The molecule has 2 rings (SSSR count). The van der Waals surface area contributed by atoms with E-state index in [-0.39, 0.29) is 5.78 Å². The first kappa shape index (κ1) is 8.69. The van der Waals surface area contributed by atoms with Gasteiger partial charge in [0.15, 0.2) is 5.82 Å². The minimum atomic E-state index is -0.149. The van der Waals surface area contributed by atoms with E-state index in [4.69, 9.17) is 0 Å². The van der Waals surface area contributed by atoms with Crippen LogP contribution < -0.4 is 0 Å². The first-order valence-corrected chi connectivity index (χ1v) is 4.32. The fourth-order valence-corrected chi connectivity index (χ4v) is 1.46. The average Bonchev–Trinajstić information content (AvgIpc) is 2.56. The summed E-state index contributed by atoms with van der Waals surface area (Å²) in [4.78, 5) is 15.6. The predicted molar refractivity (Wildman–Crippen MR) is 55.2 cm³/mol. The number of imidazole rings is 1. The van der Waals surface area contributed by atoms with Crippen LogP contribution in [-0.2, 0) is 7.05 Å². The van der Waals surface area contributed by atoms with Gasteiger partial charge in [-0.05, 0) is 18.2 Å².